The number of unbranched alkanes of at least 4 members (excludes halogenated alkanes) is 6. The van der Waals surface area contributed by atoms with Gasteiger partial charge in [0, 0.05) is 5.92 Å². The van der Waals surface area contributed by atoms with Gasteiger partial charge in [0.1, 0.15) is 0 Å². The lowest BCUT2D eigenvalue weighted by molar-refractivity contribution is -0.113. The molecule has 14 heavy (non-hydrogen) atoms. The lowest BCUT2D eigenvalue weighted by Crippen LogP contribution is -2.02. The average molecular weight is 263 g/mol. The van der Waals surface area contributed by atoms with E-state index in [1.54, 1.807) is 0 Å². The number of rotatable bonds is 9. The van der Waals surface area contributed by atoms with Gasteiger partial charge in [0.05, 0.1) is 0 Å². The minimum atomic E-state index is 0.156. The van der Waals surface area contributed by atoms with Crippen molar-refractivity contribution in [2.24, 2.45) is 5.92 Å². The third-order valence-electron chi connectivity index (χ3n) is 2.63. The van der Waals surface area contributed by atoms with E-state index in [0.29, 0.717) is 0 Å². The van der Waals surface area contributed by atoms with Gasteiger partial charge in [0.2, 0.25) is 4.69 Å². The van der Waals surface area contributed by atoms with Crippen LogP contribution in [0.4, 0.5) is 0 Å². The molecule has 1 atom stereocenters. The Morgan fingerprint density at radius 3 is 2.07 bits per heavy atom. The highest BCUT2D eigenvalue weighted by Gasteiger charge is 2.07. The summed E-state index contributed by atoms with van der Waals surface area (Å²) in [4.78, 5) is 10.9. The third-order valence-corrected chi connectivity index (χ3v) is 3.41. The first-order valence-electron chi connectivity index (χ1n) is 5.87. The monoisotopic (exact) mass is 262 g/mol. The molecule has 0 N–H and O–H groups in total. The van der Waals surface area contributed by atoms with Crippen molar-refractivity contribution >= 4 is 20.6 Å². The number of carbonyl (C=O) groups excluding carboxylic acids is 1. The lowest BCUT2D eigenvalue weighted by Gasteiger charge is -2.05. The van der Waals surface area contributed by atoms with E-state index in [0.717, 1.165) is 6.42 Å². The van der Waals surface area contributed by atoms with Crippen LogP contribution in [0.5, 0.6) is 0 Å². The molecule has 0 aliphatic carbocycles. The molecule has 84 valence electrons. The van der Waals surface area contributed by atoms with Crippen molar-refractivity contribution in [2.45, 2.75) is 65.2 Å². The first kappa shape index (κ1) is 14.2. The average Bonchev–Trinajstić information content (AvgIpc) is 2.16. The molecule has 1 unspecified atom stereocenters. The van der Waals surface area contributed by atoms with Crippen LogP contribution < -0.4 is 0 Å². The fraction of sp³-hybridized carbons (Fsp3) is 0.917. The Bertz CT molecular complexity index is 145. The number of halogens is 1. The summed E-state index contributed by atoms with van der Waals surface area (Å²) >= 11 is 3.00. The predicted octanol–water partition coefficient (Wildman–Crippen LogP) is 4.68. The topological polar surface area (TPSA) is 17.1 Å². The van der Waals surface area contributed by atoms with Crippen LogP contribution >= 0.6 is 15.9 Å². The molecule has 0 aromatic rings. The van der Waals surface area contributed by atoms with Gasteiger partial charge in [-0.3, -0.25) is 4.79 Å². The van der Waals surface area contributed by atoms with Crippen LogP contribution in [-0.2, 0) is 4.79 Å². The van der Waals surface area contributed by atoms with E-state index in [4.69, 9.17) is 0 Å². The zero-order valence-electron chi connectivity index (χ0n) is 9.52. The summed E-state index contributed by atoms with van der Waals surface area (Å²) in [6.07, 6.45) is 10.3. The molecule has 0 aromatic carbocycles. The second-order valence-electron chi connectivity index (χ2n) is 4.12. The molecule has 0 aliphatic rings. The molecule has 0 saturated carbocycles. The van der Waals surface area contributed by atoms with E-state index in [9.17, 15) is 4.79 Å². The lowest BCUT2D eigenvalue weighted by atomic mass is 10.0. The van der Waals surface area contributed by atoms with Gasteiger partial charge in [0.15, 0.2) is 0 Å². The standard InChI is InChI=1S/C12H23BrO/c1-3-4-5-6-7-8-9-10-11(2)12(13)14/h11H,3-10H2,1-2H3. The molecule has 0 saturated heterocycles. The maximum Gasteiger partial charge on any atom is 0.200 e. The molecule has 0 spiro atoms. The van der Waals surface area contributed by atoms with Gasteiger partial charge < -0.3 is 0 Å². The smallest absolute Gasteiger partial charge is 0.200 e. The Morgan fingerprint density at radius 1 is 1.07 bits per heavy atom. The molecule has 0 radical (unpaired) electrons. The van der Waals surface area contributed by atoms with Gasteiger partial charge in [-0.25, -0.2) is 0 Å². The Hall–Kier alpha value is 0.150. The Balaban J connectivity index is 3.09. The molecule has 0 heterocycles. The summed E-state index contributed by atoms with van der Waals surface area (Å²) in [5.41, 5.74) is 0. The molecule has 0 rings (SSSR count). The molecule has 0 bridgehead atoms. The highest BCUT2D eigenvalue weighted by atomic mass is 79.9. The van der Waals surface area contributed by atoms with Crippen LogP contribution in [0.25, 0.3) is 0 Å². The minimum Gasteiger partial charge on any atom is -0.286 e. The highest BCUT2D eigenvalue weighted by Crippen LogP contribution is 2.14. The normalized spacial score (nSPS) is 12.8. The summed E-state index contributed by atoms with van der Waals surface area (Å²) in [7, 11) is 0. The largest absolute Gasteiger partial charge is 0.286 e. The highest BCUT2D eigenvalue weighted by molar-refractivity contribution is 9.18. The Labute approximate surface area is 96.8 Å². The van der Waals surface area contributed by atoms with E-state index in [-0.39, 0.29) is 10.6 Å². The van der Waals surface area contributed by atoms with Crippen molar-refractivity contribution in [2.75, 3.05) is 0 Å². The van der Waals surface area contributed by atoms with Crippen LogP contribution in [0.15, 0.2) is 0 Å². The Morgan fingerprint density at radius 2 is 1.57 bits per heavy atom. The fourth-order valence-corrected chi connectivity index (χ4v) is 1.75. The maximum atomic E-state index is 10.9. The molecule has 1 nitrogen and oxygen atoms in total. The van der Waals surface area contributed by atoms with Crippen LogP contribution in [-0.4, -0.2) is 4.69 Å². The van der Waals surface area contributed by atoms with Gasteiger partial charge in [-0.1, -0.05) is 58.8 Å². The first-order chi connectivity index (χ1) is 6.68. The summed E-state index contributed by atoms with van der Waals surface area (Å²) < 4.78 is 0.156. The predicted molar refractivity (Wildman–Crippen MR) is 65.7 cm³/mol. The molecular weight excluding hydrogens is 240 g/mol. The summed E-state index contributed by atoms with van der Waals surface area (Å²) in [6.45, 7) is 4.23. The molecule has 0 amide bonds. The molecular formula is C12H23BrO. The third kappa shape index (κ3) is 8.74. The second kappa shape index (κ2) is 9.70. The van der Waals surface area contributed by atoms with Crippen LogP contribution in [0.3, 0.4) is 0 Å². The van der Waals surface area contributed by atoms with Crippen molar-refractivity contribution in [1.29, 1.82) is 0 Å². The van der Waals surface area contributed by atoms with Crippen molar-refractivity contribution in [3.63, 3.8) is 0 Å². The summed E-state index contributed by atoms with van der Waals surface area (Å²) in [6, 6.07) is 0. The van der Waals surface area contributed by atoms with Gasteiger partial charge in [0.25, 0.3) is 0 Å². The molecule has 2 heteroatoms. The SMILES string of the molecule is CCCCCCCCCC(C)C(=O)Br. The molecule has 0 aliphatic heterocycles. The van der Waals surface area contributed by atoms with Crippen molar-refractivity contribution < 1.29 is 4.79 Å². The van der Waals surface area contributed by atoms with Crippen LogP contribution in [0, 0.1) is 5.92 Å². The zero-order chi connectivity index (χ0) is 10.8. The van der Waals surface area contributed by atoms with Crippen molar-refractivity contribution in [3.05, 3.63) is 0 Å². The van der Waals surface area contributed by atoms with E-state index in [1.807, 2.05) is 6.92 Å². The summed E-state index contributed by atoms with van der Waals surface area (Å²) in [5.74, 6) is 0.200. The van der Waals surface area contributed by atoms with Gasteiger partial charge >= 0.3 is 0 Å². The molecule has 0 fully saturated rings. The van der Waals surface area contributed by atoms with Crippen LogP contribution in [0.2, 0.25) is 0 Å². The number of hydrogen-bond donors (Lipinski definition) is 0. The minimum absolute atomic E-state index is 0.156. The maximum absolute atomic E-state index is 10.9. The van der Waals surface area contributed by atoms with Crippen molar-refractivity contribution in [1.82, 2.24) is 0 Å². The molecule has 0 aromatic heterocycles. The number of carbonyl (C=O) groups is 1. The quantitative estimate of drug-likeness (QED) is 0.436. The van der Waals surface area contributed by atoms with E-state index >= 15 is 0 Å². The van der Waals surface area contributed by atoms with Gasteiger partial charge in [-0.2, -0.15) is 0 Å². The second-order valence-corrected chi connectivity index (χ2v) is 4.90. The van der Waals surface area contributed by atoms with Gasteiger partial charge in [-0.05, 0) is 22.4 Å². The van der Waals surface area contributed by atoms with E-state index < -0.39 is 0 Å². The fourth-order valence-electron chi connectivity index (χ4n) is 1.52. The zero-order valence-corrected chi connectivity index (χ0v) is 11.1. The first-order valence-corrected chi connectivity index (χ1v) is 6.67. The van der Waals surface area contributed by atoms with E-state index in [2.05, 4.69) is 22.9 Å². The Kier molecular flexibility index (Phi) is 9.80. The van der Waals surface area contributed by atoms with Crippen molar-refractivity contribution in [3.8, 4) is 0 Å². The van der Waals surface area contributed by atoms with E-state index in [1.165, 1.54) is 44.9 Å². The van der Waals surface area contributed by atoms with Crippen LogP contribution in [0.1, 0.15) is 65.2 Å². The summed E-state index contributed by atoms with van der Waals surface area (Å²) in [5, 5.41) is 0. The van der Waals surface area contributed by atoms with Gasteiger partial charge in [-0.15, -0.1) is 0 Å². The number of hydrogen-bond acceptors (Lipinski definition) is 1.